The molecule has 2 aromatic carbocycles. The fourth-order valence-electron chi connectivity index (χ4n) is 3.55. The molecule has 1 aliphatic heterocycles. The number of benzene rings is 2. The van der Waals surface area contributed by atoms with Crippen molar-refractivity contribution >= 4 is 16.0 Å². The van der Waals surface area contributed by atoms with E-state index in [2.05, 4.69) is 10.7 Å². The van der Waals surface area contributed by atoms with Crippen LogP contribution in [0.3, 0.4) is 0 Å². The quantitative estimate of drug-likeness (QED) is 0.611. The number of alkyl halides is 3. The first-order valence-electron chi connectivity index (χ1n) is 9.86. The second-order valence-corrected chi connectivity index (χ2v) is 9.39. The molecule has 0 spiro atoms. The lowest BCUT2D eigenvalue weighted by Crippen LogP contribution is -2.48. The molecule has 0 aromatic heterocycles. The third kappa shape index (κ3) is 6.71. The fraction of sp³-hybridized carbons (Fsp3) is 0.318. The van der Waals surface area contributed by atoms with Crippen molar-refractivity contribution in [1.29, 1.82) is 0 Å². The van der Waals surface area contributed by atoms with Gasteiger partial charge in [0.1, 0.15) is 5.75 Å². The number of hydrogen-bond donors (Lipinski definition) is 1. The Hall–Kier alpha value is -3.07. The highest BCUT2D eigenvalue weighted by Gasteiger charge is 2.32. The number of carboxylic acids is 1. The Kier molecular flexibility index (Phi) is 7.31. The molecule has 0 saturated carbocycles. The van der Waals surface area contributed by atoms with Crippen LogP contribution in [-0.4, -0.2) is 61.2 Å². The van der Waals surface area contributed by atoms with E-state index >= 15 is 0 Å². The molecule has 176 valence electrons. The number of nitrogens with zero attached hydrogens (tertiary/aromatic N) is 2. The molecule has 1 saturated heterocycles. The van der Waals surface area contributed by atoms with Crippen molar-refractivity contribution in [2.75, 3.05) is 26.2 Å². The number of sulfonamides is 1. The van der Waals surface area contributed by atoms with Crippen molar-refractivity contribution in [3.63, 3.8) is 0 Å². The van der Waals surface area contributed by atoms with Gasteiger partial charge in [0.15, 0.2) is 0 Å². The topological polar surface area (TPSA) is 87.1 Å². The van der Waals surface area contributed by atoms with Crippen LogP contribution >= 0.6 is 0 Å². The molecule has 0 atom stereocenters. The predicted octanol–water partition coefficient (Wildman–Crippen LogP) is 2.70. The standard InChI is InChI=1S/C22H21F3N2O5S/c1-2-16-10-18(14-21(28)29)13-20(12-16)33(30,31)27-8-6-26(7-9-27)15-17-4-3-5-19(11-17)32-22(23,24)25/h1,3-5,10-13H,6-9,14-15H2,(H,28,29). The first-order valence-corrected chi connectivity index (χ1v) is 11.3. The fourth-order valence-corrected chi connectivity index (χ4v) is 5.06. The van der Waals surface area contributed by atoms with Gasteiger partial charge in [-0.3, -0.25) is 9.69 Å². The minimum absolute atomic E-state index is 0.0698. The van der Waals surface area contributed by atoms with E-state index in [0.717, 1.165) is 0 Å². The monoisotopic (exact) mass is 482 g/mol. The van der Waals surface area contributed by atoms with Gasteiger partial charge >= 0.3 is 12.3 Å². The number of rotatable bonds is 7. The van der Waals surface area contributed by atoms with Crippen LogP contribution in [0.15, 0.2) is 47.4 Å². The van der Waals surface area contributed by atoms with Gasteiger partial charge in [-0.05, 0) is 41.5 Å². The second kappa shape index (κ2) is 9.82. The summed E-state index contributed by atoms with van der Waals surface area (Å²) in [6.07, 6.45) is 0.256. The highest BCUT2D eigenvalue weighted by atomic mass is 32.2. The van der Waals surface area contributed by atoms with Gasteiger partial charge in [0.25, 0.3) is 0 Å². The maximum Gasteiger partial charge on any atom is 0.573 e. The number of hydrogen-bond acceptors (Lipinski definition) is 5. The molecule has 1 fully saturated rings. The molecule has 33 heavy (non-hydrogen) atoms. The van der Waals surface area contributed by atoms with Gasteiger partial charge in [-0.1, -0.05) is 18.1 Å². The number of carbonyl (C=O) groups is 1. The van der Waals surface area contributed by atoms with Crippen molar-refractivity contribution in [2.24, 2.45) is 0 Å². The van der Waals surface area contributed by atoms with Crippen LogP contribution in [-0.2, 0) is 27.8 Å². The van der Waals surface area contributed by atoms with Gasteiger partial charge in [-0.15, -0.1) is 19.6 Å². The molecule has 0 bridgehead atoms. The van der Waals surface area contributed by atoms with Crippen molar-refractivity contribution in [3.05, 3.63) is 59.2 Å². The Labute approximate surface area is 189 Å². The van der Waals surface area contributed by atoms with E-state index in [1.54, 1.807) is 6.07 Å². The molecule has 0 aliphatic carbocycles. The minimum atomic E-state index is -4.78. The van der Waals surface area contributed by atoms with Crippen LogP contribution in [0, 0.1) is 12.3 Å². The zero-order valence-corrected chi connectivity index (χ0v) is 18.2. The number of halogens is 3. The zero-order chi connectivity index (χ0) is 24.2. The summed E-state index contributed by atoms with van der Waals surface area (Å²) < 4.78 is 68.7. The highest BCUT2D eigenvalue weighted by molar-refractivity contribution is 7.89. The Morgan fingerprint density at radius 3 is 2.39 bits per heavy atom. The first kappa shape index (κ1) is 24.6. The van der Waals surface area contributed by atoms with Gasteiger partial charge in [0.05, 0.1) is 11.3 Å². The molecule has 0 amide bonds. The van der Waals surface area contributed by atoms with Gasteiger partial charge in [0, 0.05) is 38.3 Å². The van der Waals surface area contributed by atoms with Crippen LogP contribution in [0.25, 0.3) is 0 Å². The summed E-state index contributed by atoms with van der Waals surface area (Å²) in [5, 5.41) is 9.02. The van der Waals surface area contributed by atoms with Crippen LogP contribution < -0.4 is 4.74 Å². The van der Waals surface area contributed by atoms with Crippen molar-refractivity contribution in [1.82, 2.24) is 9.21 Å². The molecule has 0 radical (unpaired) electrons. The predicted molar refractivity (Wildman–Crippen MR) is 113 cm³/mol. The van der Waals surface area contributed by atoms with Crippen molar-refractivity contribution in [3.8, 4) is 18.1 Å². The van der Waals surface area contributed by atoms with Crippen molar-refractivity contribution in [2.45, 2.75) is 24.2 Å². The lowest BCUT2D eigenvalue weighted by atomic mass is 10.1. The van der Waals surface area contributed by atoms with Crippen LogP contribution in [0.4, 0.5) is 13.2 Å². The number of terminal acetylenes is 1. The Balaban J connectivity index is 1.68. The summed E-state index contributed by atoms with van der Waals surface area (Å²) in [6.45, 7) is 1.38. The molecular formula is C22H21F3N2O5S. The Morgan fingerprint density at radius 1 is 1.09 bits per heavy atom. The third-order valence-electron chi connectivity index (χ3n) is 5.00. The highest BCUT2D eigenvalue weighted by Crippen LogP contribution is 2.25. The zero-order valence-electron chi connectivity index (χ0n) is 17.4. The minimum Gasteiger partial charge on any atom is -0.481 e. The summed E-state index contributed by atoms with van der Waals surface area (Å²) in [4.78, 5) is 12.9. The van der Waals surface area contributed by atoms with Crippen LogP contribution in [0.5, 0.6) is 5.75 Å². The van der Waals surface area contributed by atoms with Crippen LogP contribution in [0.2, 0.25) is 0 Å². The van der Waals surface area contributed by atoms with E-state index < -0.39 is 22.4 Å². The lowest BCUT2D eigenvalue weighted by Gasteiger charge is -2.34. The summed E-state index contributed by atoms with van der Waals surface area (Å²) in [6, 6.07) is 9.74. The summed E-state index contributed by atoms with van der Waals surface area (Å²) in [5.41, 5.74) is 1.16. The summed E-state index contributed by atoms with van der Waals surface area (Å²) in [5.74, 6) is 0.925. The summed E-state index contributed by atoms with van der Waals surface area (Å²) in [7, 11) is -3.90. The number of carboxylic acid groups (broad SMARTS) is 1. The first-order chi connectivity index (χ1) is 15.5. The third-order valence-corrected chi connectivity index (χ3v) is 6.87. The molecule has 3 rings (SSSR count). The summed E-state index contributed by atoms with van der Waals surface area (Å²) >= 11 is 0. The molecule has 1 aliphatic rings. The maximum atomic E-state index is 13.1. The molecule has 1 heterocycles. The average Bonchev–Trinajstić information content (AvgIpc) is 2.72. The Morgan fingerprint density at radius 2 is 1.79 bits per heavy atom. The van der Waals surface area contributed by atoms with Gasteiger partial charge in [0.2, 0.25) is 10.0 Å². The number of piperazine rings is 1. The lowest BCUT2D eigenvalue weighted by molar-refractivity contribution is -0.274. The van der Waals surface area contributed by atoms with E-state index in [-0.39, 0.29) is 41.3 Å². The average molecular weight is 482 g/mol. The molecule has 1 N–H and O–H groups in total. The molecule has 2 aromatic rings. The van der Waals surface area contributed by atoms with E-state index in [1.165, 1.54) is 40.7 Å². The van der Waals surface area contributed by atoms with Gasteiger partial charge < -0.3 is 9.84 Å². The smallest absolute Gasteiger partial charge is 0.481 e. The molecule has 0 unspecified atom stereocenters. The van der Waals surface area contributed by atoms with E-state index in [4.69, 9.17) is 11.5 Å². The van der Waals surface area contributed by atoms with Gasteiger partial charge in [-0.2, -0.15) is 4.31 Å². The van der Waals surface area contributed by atoms with E-state index in [0.29, 0.717) is 25.2 Å². The van der Waals surface area contributed by atoms with Gasteiger partial charge in [-0.25, -0.2) is 8.42 Å². The normalized spacial score (nSPS) is 15.7. The molecule has 7 nitrogen and oxygen atoms in total. The van der Waals surface area contributed by atoms with E-state index in [9.17, 15) is 26.4 Å². The SMILES string of the molecule is C#Cc1cc(CC(=O)O)cc(S(=O)(=O)N2CCN(Cc3cccc(OC(F)(F)F)c3)CC2)c1. The number of aliphatic carboxylic acids is 1. The second-order valence-electron chi connectivity index (χ2n) is 7.46. The van der Waals surface area contributed by atoms with E-state index in [1.807, 2.05) is 4.90 Å². The molecule has 11 heteroatoms. The number of ether oxygens (including phenoxy) is 1. The Bertz CT molecular complexity index is 1170. The maximum absolute atomic E-state index is 13.1. The molecular weight excluding hydrogens is 461 g/mol. The van der Waals surface area contributed by atoms with Crippen LogP contribution in [0.1, 0.15) is 16.7 Å². The largest absolute Gasteiger partial charge is 0.573 e. The van der Waals surface area contributed by atoms with Crippen molar-refractivity contribution < 1.29 is 36.2 Å².